The van der Waals surface area contributed by atoms with E-state index in [1.807, 2.05) is 24.8 Å². The predicted molar refractivity (Wildman–Crippen MR) is 138 cm³/mol. The number of hydrogen-bond donors (Lipinski definition) is 5. The van der Waals surface area contributed by atoms with Gasteiger partial charge >= 0.3 is 12.1 Å². The van der Waals surface area contributed by atoms with E-state index in [2.05, 4.69) is 26.3 Å². The molecule has 0 unspecified atom stereocenters. The van der Waals surface area contributed by atoms with Gasteiger partial charge in [0.1, 0.15) is 11.9 Å². The number of carbonyl (C=O) groups is 3. The lowest BCUT2D eigenvalue weighted by Crippen LogP contribution is -2.50. The molecule has 0 spiro atoms. The zero-order valence-electron chi connectivity index (χ0n) is 21.4. The minimum atomic E-state index is -1.30. The molecule has 3 rings (SSSR count). The zero-order valence-corrected chi connectivity index (χ0v) is 21.4. The lowest BCUT2D eigenvalue weighted by atomic mass is 9.95. The van der Waals surface area contributed by atoms with Crippen molar-refractivity contribution in [2.75, 3.05) is 49.5 Å². The maximum absolute atomic E-state index is 14.4. The molecule has 2 aliphatic heterocycles. The number of anilines is 2. The van der Waals surface area contributed by atoms with Gasteiger partial charge in [0.05, 0.1) is 6.61 Å². The first-order valence-electron chi connectivity index (χ1n) is 12.8. The maximum Gasteiger partial charge on any atom is 0.407 e. The number of ether oxygens (including phenoxy) is 1. The van der Waals surface area contributed by atoms with Crippen LogP contribution in [0, 0.1) is 17.7 Å². The van der Waals surface area contributed by atoms with Gasteiger partial charge in [-0.2, -0.15) is 0 Å². The predicted octanol–water partition coefficient (Wildman–Crippen LogP) is 2.15. The number of nitrogens with zero attached hydrogens (tertiary/aromatic N) is 2. The Labute approximate surface area is 216 Å². The molecule has 0 aromatic heterocycles. The molecule has 1 aromatic rings. The number of amides is 2. The molecule has 0 radical (unpaired) electrons. The number of guanidine groups is 1. The minimum absolute atomic E-state index is 0.114. The van der Waals surface area contributed by atoms with E-state index in [1.165, 1.54) is 12.1 Å². The molecule has 2 heterocycles. The summed E-state index contributed by atoms with van der Waals surface area (Å²) < 4.78 is 19.3. The molecule has 204 valence electrons. The molecule has 12 heteroatoms. The average molecular weight is 521 g/mol. The number of aliphatic imine (C=N–C) groups is 1. The van der Waals surface area contributed by atoms with Crippen molar-refractivity contribution in [1.82, 2.24) is 16.0 Å². The van der Waals surface area contributed by atoms with Crippen molar-refractivity contribution in [1.29, 1.82) is 0 Å². The van der Waals surface area contributed by atoms with Gasteiger partial charge in [-0.25, -0.2) is 14.0 Å². The van der Waals surface area contributed by atoms with Gasteiger partial charge in [0.2, 0.25) is 5.91 Å². The van der Waals surface area contributed by atoms with Crippen LogP contribution in [0.25, 0.3) is 0 Å². The number of piperidine rings is 1. The largest absolute Gasteiger partial charge is 0.480 e. The quantitative estimate of drug-likeness (QED) is 0.333. The molecule has 1 fully saturated rings. The number of rotatable bonds is 9. The molecule has 5 N–H and O–H groups in total. The number of carboxylic acid groups (broad SMARTS) is 1. The van der Waals surface area contributed by atoms with Gasteiger partial charge in [0, 0.05) is 50.0 Å². The first-order valence-corrected chi connectivity index (χ1v) is 12.8. The van der Waals surface area contributed by atoms with E-state index in [4.69, 9.17) is 4.74 Å². The zero-order chi connectivity index (χ0) is 26.8. The van der Waals surface area contributed by atoms with Crippen molar-refractivity contribution >= 4 is 35.3 Å². The van der Waals surface area contributed by atoms with E-state index in [0.29, 0.717) is 43.3 Å². The summed E-state index contributed by atoms with van der Waals surface area (Å²) in [5, 5.41) is 20.6. The molecule has 11 nitrogen and oxygen atoms in total. The Morgan fingerprint density at radius 2 is 1.97 bits per heavy atom. The van der Waals surface area contributed by atoms with Crippen LogP contribution in [0.4, 0.5) is 20.6 Å². The van der Waals surface area contributed by atoms with E-state index < -0.39 is 18.1 Å². The monoisotopic (exact) mass is 520 g/mol. The summed E-state index contributed by atoms with van der Waals surface area (Å²) in [7, 11) is 0. The van der Waals surface area contributed by atoms with Crippen molar-refractivity contribution in [3.63, 3.8) is 0 Å². The number of carbonyl (C=O) groups excluding carboxylic acids is 2. The lowest BCUT2D eigenvalue weighted by molar-refractivity contribution is -0.139. The van der Waals surface area contributed by atoms with E-state index >= 15 is 0 Å². The Morgan fingerprint density at radius 3 is 2.68 bits per heavy atom. The molecular weight excluding hydrogens is 483 g/mol. The van der Waals surface area contributed by atoms with E-state index in [0.717, 1.165) is 25.9 Å². The summed E-state index contributed by atoms with van der Waals surface area (Å²) >= 11 is 0. The highest BCUT2D eigenvalue weighted by atomic mass is 19.1. The second-order valence-electron chi connectivity index (χ2n) is 9.72. The van der Waals surface area contributed by atoms with Crippen LogP contribution in [-0.2, 0) is 14.3 Å². The highest BCUT2D eigenvalue weighted by Crippen LogP contribution is 2.27. The van der Waals surface area contributed by atoms with Gasteiger partial charge in [0.15, 0.2) is 5.96 Å². The second-order valence-corrected chi connectivity index (χ2v) is 9.72. The van der Waals surface area contributed by atoms with Gasteiger partial charge in [-0.3, -0.25) is 9.79 Å². The summed E-state index contributed by atoms with van der Waals surface area (Å²) in [4.78, 5) is 42.4. The van der Waals surface area contributed by atoms with Gasteiger partial charge in [-0.1, -0.05) is 13.8 Å². The molecular formula is C25H37FN6O5. The third-order valence-electron chi connectivity index (χ3n) is 6.14. The topological polar surface area (TPSA) is 144 Å². The van der Waals surface area contributed by atoms with Crippen LogP contribution in [0.15, 0.2) is 23.2 Å². The van der Waals surface area contributed by atoms with Crippen LogP contribution in [0.5, 0.6) is 0 Å². The number of nitrogens with one attached hydrogen (secondary N) is 4. The normalized spacial score (nSPS) is 17.2. The third-order valence-corrected chi connectivity index (χ3v) is 6.14. The van der Waals surface area contributed by atoms with Crippen molar-refractivity contribution in [3.05, 3.63) is 24.0 Å². The average Bonchev–Trinajstić information content (AvgIpc) is 3.13. The van der Waals surface area contributed by atoms with Crippen LogP contribution in [0.2, 0.25) is 0 Å². The molecule has 0 aliphatic carbocycles. The fraction of sp³-hybridized carbons (Fsp3) is 0.600. The smallest absolute Gasteiger partial charge is 0.407 e. The Bertz CT molecular complexity index is 980. The highest BCUT2D eigenvalue weighted by molar-refractivity contribution is 5.94. The number of hydrogen-bond acceptors (Lipinski definition) is 8. The third kappa shape index (κ3) is 9.10. The molecule has 0 saturated carbocycles. The lowest BCUT2D eigenvalue weighted by Gasteiger charge is -2.33. The van der Waals surface area contributed by atoms with Crippen LogP contribution in [0.3, 0.4) is 0 Å². The fourth-order valence-corrected chi connectivity index (χ4v) is 4.11. The Morgan fingerprint density at radius 1 is 1.22 bits per heavy atom. The van der Waals surface area contributed by atoms with Gasteiger partial charge in [-0.05, 0) is 49.8 Å². The summed E-state index contributed by atoms with van der Waals surface area (Å²) in [6, 6.07) is 3.45. The van der Waals surface area contributed by atoms with Crippen LogP contribution in [0.1, 0.15) is 39.5 Å². The summed E-state index contributed by atoms with van der Waals surface area (Å²) in [6.07, 6.45) is 2.26. The number of carboxylic acids is 1. The number of benzene rings is 1. The van der Waals surface area contributed by atoms with Gasteiger partial charge in [0.25, 0.3) is 0 Å². The Kier molecular flexibility index (Phi) is 10.3. The Balaban J connectivity index is 1.49. The van der Waals surface area contributed by atoms with Gasteiger partial charge in [-0.15, -0.1) is 0 Å². The molecule has 2 amide bonds. The van der Waals surface area contributed by atoms with Crippen molar-refractivity contribution in [3.8, 4) is 0 Å². The minimum Gasteiger partial charge on any atom is -0.480 e. The van der Waals surface area contributed by atoms with Crippen LogP contribution in [-0.4, -0.2) is 74.4 Å². The highest BCUT2D eigenvalue weighted by Gasteiger charge is 2.28. The first-order chi connectivity index (χ1) is 17.7. The summed E-state index contributed by atoms with van der Waals surface area (Å²) in [5.41, 5.74) is 1.31. The standard InChI is InChI=1S/C25H37FN6O5/c1-16(2)15-37-25(36)31-21(23(34)35)14-29-22(33)17-5-9-32(10-6-17)20-12-18(26)11-19(13-20)30-24-27-7-3-4-8-28-24/h11-13,16-17,21H,3-10,14-15H2,1-2H3,(H,29,33)(H,31,36)(H,34,35)(H2,27,28,30)/t21-/m0/s1. The number of alkyl carbamates (subject to hydrolysis) is 1. The molecule has 1 atom stereocenters. The molecule has 2 aliphatic rings. The fourth-order valence-electron chi connectivity index (χ4n) is 4.11. The summed E-state index contributed by atoms with van der Waals surface area (Å²) in [5.74, 6) is -1.48. The Hall–Kier alpha value is -3.57. The van der Waals surface area contributed by atoms with Crippen LogP contribution >= 0.6 is 0 Å². The van der Waals surface area contributed by atoms with Gasteiger partial charge < -0.3 is 36.0 Å². The van der Waals surface area contributed by atoms with Crippen LogP contribution < -0.4 is 26.2 Å². The van der Waals surface area contributed by atoms with E-state index in [9.17, 15) is 23.9 Å². The number of halogens is 1. The SMILES string of the molecule is CC(C)COC(=O)N[C@@H](CNC(=O)C1CCN(c2cc(F)cc(NC3=NCCCCN3)c2)CC1)C(=O)O. The van der Waals surface area contributed by atoms with Crippen molar-refractivity contribution < 1.29 is 28.6 Å². The second kappa shape index (κ2) is 13.7. The van der Waals surface area contributed by atoms with Crippen molar-refractivity contribution in [2.45, 2.75) is 45.6 Å². The van der Waals surface area contributed by atoms with Crippen molar-refractivity contribution in [2.24, 2.45) is 16.8 Å². The molecule has 37 heavy (non-hydrogen) atoms. The maximum atomic E-state index is 14.4. The van der Waals surface area contributed by atoms with E-state index in [-0.39, 0.29) is 36.7 Å². The van der Waals surface area contributed by atoms with E-state index in [1.54, 1.807) is 0 Å². The molecule has 1 saturated heterocycles. The first kappa shape index (κ1) is 28.0. The summed E-state index contributed by atoms with van der Waals surface area (Å²) in [6.45, 7) is 6.27. The molecule has 1 aromatic carbocycles. The molecule has 0 bridgehead atoms. The number of aliphatic carboxylic acids is 1.